The van der Waals surface area contributed by atoms with Gasteiger partial charge in [-0.3, -0.25) is 0 Å². The third-order valence-electron chi connectivity index (χ3n) is 4.45. The standard InChI is InChI=1S/C20H30O3/c1-4-6-8-19(20-14-13-18(23-20)7-5-2)22-15-16-9-11-17(21-3)12-10-16/h5,9-12,18-20H,2,4,6-8,13-15H2,1,3H3/t18-,19+,20+/m1/s1. The Labute approximate surface area is 140 Å². The largest absolute Gasteiger partial charge is 0.497 e. The molecule has 3 atom stereocenters. The van der Waals surface area contributed by atoms with Crippen LogP contribution >= 0.6 is 0 Å². The van der Waals surface area contributed by atoms with Crippen LogP contribution in [0.5, 0.6) is 5.75 Å². The Balaban J connectivity index is 1.88. The highest BCUT2D eigenvalue weighted by atomic mass is 16.5. The minimum Gasteiger partial charge on any atom is -0.497 e. The Bertz CT molecular complexity index is 454. The molecule has 128 valence electrons. The van der Waals surface area contributed by atoms with Crippen LogP contribution < -0.4 is 4.74 Å². The van der Waals surface area contributed by atoms with Gasteiger partial charge in [-0.1, -0.05) is 38.0 Å². The molecule has 0 radical (unpaired) electrons. The first-order chi connectivity index (χ1) is 11.3. The molecule has 1 fully saturated rings. The molecule has 2 rings (SSSR count). The van der Waals surface area contributed by atoms with Gasteiger partial charge in [-0.05, 0) is 43.4 Å². The van der Waals surface area contributed by atoms with E-state index in [9.17, 15) is 0 Å². The summed E-state index contributed by atoms with van der Waals surface area (Å²) in [5, 5.41) is 0. The van der Waals surface area contributed by atoms with Gasteiger partial charge in [0.05, 0.1) is 32.0 Å². The first-order valence-electron chi connectivity index (χ1n) is 8.77. The Morgan fingerprint density at radius 2 is 2.09 bits per heavy atom. The van der Waals surface area contributed by atoms with E-state index in [-0.39, 0.29) is 12.2 Å². The maximum absolute atomic E-state index is 6.22. The average Bonchev–Trinajstić information content (AvgIpc) is 3.04. The van der Waals surface area contributed by atoms with Crippen LogP contribution in [0.25, 0.3) is 0 Å². The number of unbranched alkanes of at least 4 members (excludes halogenated alkanes) is 1. The lowest BCUT2D eigenvalue weighted by Gasteiger charge is -2.24. The van der Waals surface area contributed by atoms with E-state index in [0.29, 0.717) is 12.7 Å². The van der Waals surface area contributed by atoms with Crippen LogP contribution in [0.4, 0.5) is 0 Å². The van der Waals surface area contributed by atoms with Gasteiger partial charge in [0.15, 0.2) is 0 Å². The molecule has 23 heavy (non-hydrogen) atoms. The number of methoxy groups -OCH3 is 1. The molecule has 0 amide bonds. The Kier molecular flexibility index (Phi) is 7.63. The van der Waals surface area contributed by atoms with Crippen LogP contribution in [0.15, 0.2) is 36.9 Å². The fourth-order valence-corrected chi connectivity index (χ4v) is 3.07. The van der Waals surface area contributed by atoms with Crippen molar-refractivity contribution in [1.82, 2.24) is 0 Å². The predicted molar refractivity (Wildman–Crippen MR) is 93.8 cm³/mol. The molecule has 1 aromatic carbocycles. The van der Waals surface area contributed by atoms with Gasteiger partial charge >= 0.3 is 0 Å². The molecular weight excluding hydrogens is 288 g/mol. The molecule has 3 nitrogen and oxygen atoms in total. The van der Waals surface area contributed by atoms with Crippen molar-refractivity contribution in [2.24, 2.45) is 0 Å². The molecule has 0 bridgehead atoms. The van der Waals surface area contributed by atoms with Crippen LogP contribution in [0.1, 0.15) is 51.0 Å². The second-order valence-electron chi connectivity index (χ2n) is 6.24. The van der Waals surface area contributed by atoms with Crippen LogP contribution in [-0.2, 0) is 16.1 Å². The van der Waals surface area contributed by atoms with Gasteiger partial charge < -0.3 is 14.2 Å². The molecule has 1 aromatic rings. The van der Waals surface area contributed by atoms with Crippen molar-refractivity contribution in [3.8, 4) is 5.75 Å². The van der Waals surface area contributed by atoms with Crippen molar-refractivity contribution >= 4 is 0 Å². The summed E-state index contributed by atoms with van der Waals surface area (Å²) < 4.78 is 17.6. The summed E-state index contributed by atoms with van der Waals surface area (Å²) in [5.74, 6) is 0.877. The number of hydrogen-bond acceptors (Lipinski definition) is 3. The monoisotopic (exact) mass is 318 g/mol. The molecule has 1 aliphatic rings. The van der Waals surface area contributed by atoms with Crippen molar-refractivity contribution in [3.63, 3.8) is 0 Å². The summed E-state index contributed by atoms with van der Waals surface area (Å²) in [7, 11) is 1.68. The van der Waals surface area contributed by atoms with Gasteiger partial charge in [-0.2, -0.15) is 0 Å². The number of ether oxygens (including phenoxy) is 3. The number of rotatable bonds is 10. The molecule has 0 unspecified atom stereocenters. The summed E-state index contributed by atoms with van der Waals surface area (Å²) >= 11 is 0. The molecule has 1 saturated heterocycles. The lowest BCUT2D eigenvalue weighted by molar-refractivity contribution is -0.0781. The fraction of sp³-hybridized carbons (Fsp3) is 0.600. The van der Waals surface area contributed by atoms with Crippen LogP contribution in [0.3, 0.4) is 0 Å². The Morgan fingerprint density at radius 3 is 2.74 bits per heavy atom. The summed E-state index contributed by atoms with van der Waals surface area (Å²) in [6.07, 6.45) is 9.27. The van der Waals surface area contributed by atoms with E-state index >= 15 is 0 Å². The molecule has 0 spiro atoms. The van der Waals surface area contributed by atoms with Crippen molar-refractivity contribution in [2.75, 3.05) is 7.11 Å². The SMILES string of the molecule is C=CC[C@@H]1CC[C@@H]([C@H](CCCC)OCc2ccc(OC)cc2)O1. The van der Waals surface area contributed by atoms with Gasteiger partial charge in [-0.25, -0.2) is 0 Å². The molecule has 0 aliphatic carbocycles. The third kappa shape index (κ3) is 5.67. The second kappa shape index (κ2) is 9.74. The first kappa shape index (κ1) is 18.0. The second-order valence-corrected chi connectivity index (χ2v) is 6.24. The molecule has 1 aliphatic heterocycles. The molecular formula is C20H30O3. The van der Waals surface area contributed by atoms with Gasteiger partial charge in [-0.15, -0.1) is 6.58 Å². The Morgan fingerprint density at radius 1 is 1.30 bits per heavy atom. The summed E-state index contributed by atoms with van der Waals surface area (Å²) in [4.78, 5) is 0. The van der Waals surface area contributed by atoms with E-state index in [1.54, 1.807) is 7.11 Å². The summed E-state index contributed by atoms with van der Waals surface area (Å²) in [6.45, 7) is 6.66. The van der Waals surface area contributed by atoms with Crippen LogP contribution in [0.2, 0.25) is 0 Å². The van der Waals surface area contributed by atoms with Gasteiger partial charge in [0.25, 0.3) is 0 Å². The minimum atomic E-state index is 0.187. The Hall–Kier alpha value is -1.32. The lowest BCUT2D eigenvalue weighted by Crippen LogP contribution is -2.29. The third-order valence-corrected chi connectivity index (χ3v) is 4.45. The maximum atomic E-state index is 6.22. The normalized spacial score (nSPS) is 22.0. The van der Waals surface area contributed by atoms with E-state index in [1.807, 2.05) is 18.2 Å². The number of benzene rings is 1. The fourth-order valence-electron chi connectivity index (χ4n) is 3.07. The average molecular weight is 318 g/mol. The van der Waals surface area contributed by atoms with Crippen LogP contribution in [-0.4, -0.2) is 25.4 Å². The molecule has 3 heteroatoms. The zero-order valence-corrected chi connectivity index (χ0v) is 14.5. The smallest absolute Gasteiger partial charge is 0.118 e. The van der Waals surface area contributed by atoms with E-state index in [2.05, 4.69) is 25.6 Å². The highest BCUT2D eigenvalue weighted by Crippen LogP contribution is 2.28. The highest BCUT2D eigenvalue weighted by Gasteiger charge is 2.31. The lowest BCUT2D eigenvalue weighted by atomic mass is 10.0. The van der Waals surface area contributed by atoms with Gasteiger partial charge in [0, 0.05) is 0 Å². The molecule has 0 saturated carbocycles. The van der Waals surface area contributed by atoms with Crippen molar-refractivity contribution < 1.29 is 14.2 Å². The topological polar surface area (TPSA) is 27.7 Å². The van der Waals surface area contributed by atoms with Crippen LogP contribution in [0, 0.1) is 0 Å². The summed E-state index contributed by atoms with van der Waals surface area (Å²) in [6, 6.07) is 8.08. The summed E-state index contributed by atoms with van der Waals surface area (Å²) in [5.41, 5.74) is 1.17. The van der Waals surface area contributed by atoms with Gasteiger partial charge in [0.1, 0.15) is 5.75 Å². The molecule has 0 N–H and O–H groups in total. The van der Waals surface area contributed by atoms with E-state index in [0.717, 1.165) is 31.4 Å². The van der Waals surface area contributed by atoms with Gasteiger partial charge in [0.2, 0.25) is 0 Å². The van der Waals surface area contributed by atoms with Crippen molar-refractivity contribution in [2.45, 2.75) is 70.4 Å². The molecule has 0 aromatic heterocycles. The highest BCUT2D eigenvalue weighted by molar-refractivity contribution is 5.26. The first-order valence-corrected chi connectivity index (χ1v) is 8.77. The zero-order valence-electron chi connectivity index (χ0n) is 14.5. The maximum Gasteiger partial charge on any atom is 0.118 e. The van der Waals surface area contributed by atoms with Crippen molar-refractivity contribution in [3.05, 3.63) is 42.5 Å². The molecule has 1 heterocycles. The quantitative estimate of drug-likeness (QED) is 0.575. The van der Waals surface area contributed by atoms with Crippen molar-refractivity contribution in [1.29, 1.82) is 0 Å². The number of hydrogen-bond donors (Lipinski definition) is 0. The van der Waals surface area contributed by atoms with E-state index in [4.69, 9.17) is 14.2 Å². The van der Waals surface area contributed by atoms with E-state index in [1.165, 1.54) is 18.4 Å². The minimum absolute atomic E-state index is 0.187. The van der Waals surface area contributed by atoms with E-state index < -0.39 is 0 Å². The zero-order chi connectivity index (χ0) is 16.5. The predicted octanol–water partition coefficient (Wildman–Crippen LogP) is 4.89.